The molecule has 1 aromatic heterocycles. The van der Waals surface area contributed by atoms with Crippen molar-refractivity contribution >= 4 is 5.91 Å². The number of carbonyl (C=O) groups excluding carboxylic acids is 1. The minimum atomic E-state index is -4.38. The van der Waals surface area contributed by atoms with Crippen molar-refractivity contribution in [3.63, 3.8) is 0 Å². The number of aromatic amines is 1. The third-order valence-corrected chi connectivity index (χ3v) is 3.75. The molecule has 8 heteroatoms. The zero-order chi connectivity index (χ0) is 17.9. The summed E-state index contributed by atoms with van der Waals surface area (Å²) in [5, 5.41) is 9.39. The van der Waals surface area contributed by atoms with E-state index in [-0.39, 0.29) is 13.0 Å². The first-order valence-corrected chi connectivity index (χ1v) is 7.41. The van der Waals surface area contributed by atoms with Gasteiger partial charge in [0.05, 0.1) is 11.3 Å². The van der Waals surface area contributed by atoms with Gasteiger partial charge in [-0.2, -0.15) is 18.3 Å². The summed E-state index contributed by atoms with van der Waals surface area (Å²) in [5.74, 6) is -0.394. The van der Waals surface area contributed by atoms with Gasteiger partial charge in [0.1, 0.15) is 6.04 Å². The maximum Gasteiger partial charge on any atom is 0.416 e. The van der Waals surface area contributed by atoms with E-state index in [0.717, 1.165) is 12.1 Å². The number of H-pyrrole nitrogens is 1. The minimum Gasteiger partial charge on any atom is -0.354 e. The van der Waals surface area contributed by atoms with E-state index >= 15 is 0 Å². The second-order valence-electron chi connectivity index (χ2n) is 5.56. The van der Waals surface area contributed by atoms with E-state index in [1.807, 2.05) is 0 Å². The molecule has 0 aliphatic rings. The van der Waals surface area contributed by atoms with Crippen molar-refractivity contribution in [2.75, 3.05) is 6.54 Å². The van der Waals surface area contributed by atoms with Gasteiger partial charge >= 0.3 is 6.18 Å². The highest BCUT2D eigenvalue weighted by atomic mass is 19.4. The molecule has 0 aliphatic carbocycles. The largest absolute Gasteiger partial charge is 0.416 e. The maximum absolute atomic E-state index is 12.7. The molecule has 0 fully saturated rings. The van der Waals surface area contributed by atoms with E-state index < -0.39 is 23.7 Å². The fourth-order valence-corrected chi connectivity index (χ4v) is 2.49. The molecule has 0 bridgehead atoms. The third kappa shape index (κ3) is 4.14. The van der Waals surface area contributed by atoms with Gasteiger partial charge in [-0.05, 0) is 31.9 Å². The molecule has 0 radical (unpaired) electrons. The molecule has 1 unspecified atom stereocenters. The smallest absolute Gasteiger partial charge is 0.354 e. The summed E-state index contributed by atoms with van der Waals surface area (Å²) in [5.41, 5.74) is 7.71. The summed E-state index contributed by atoms with van der Waals surface area (Å²) in [6, 6.07) is 4.17. The molecule has 2 rings (SSSR count). The maximum atomic E-state index is 12.7. The molecule has 1 atom stereocenters. The number of alkyl halides is 3. The second-order valence-corrected chi connectivity index (χ2v) is 5.56. The van der Waals surface area contributed by atoms with Gasteiger partial charge < -0.3 is 11.1 Å². The van der Waals surface area contributed by atoms with Crippen molar-refractivity contribution in [3.8, 4) is 0 Å². The predicted octanol–water partition coefficient (Wildman–Crippen LogP) is 2.40. The first-order chi connectivity index (χ1) is 11.2. The van der Waals surface area contributed by atoms with E-state index in [4.69, 9.17) is 5.73 Å². The summed E-state index contributed by atoms with van der Waals surface area (Å²) in [4.78, 5) is 12.1. The summed E-state index contributed by atoms with van der Waals surface area (Å²) >= 11 is 0. The zero-order valence-electron chi connectivity index (χ0n) is 13.4. The van der Waals surface area contributed by atoms with Crippen LogP contribution in [0.3, 0.4) is 0 Å². The Balaban J connectivity index is 1.94. The lowest BCUT2D eigenvalue weighted by molar-refractivity contribution is -0.137. The second kappa shape index (κ2) is 7.04. The van der Waals surface area contributed by atoms with Crippen LogP contribution in [0.15, 0.2) is 24.3 Å². The predicted molar refractivity (Wildman–Crippen MR) is 83.1 cm³/mol. The van der Waals surface area contributed by atoms with Gasteiger partial charge in [0.15, 0.2) is 0 Å². The lowest BCUT2D eigenvalue weighted by atomic mass is 10.0. The molecule has 1 heterocycles. The topological polar surface area (TPSA) is 83.8 Å². The Labute approximate surface area is 137 Å². The van der Waals surface area contributed by atoms with Crippen molar-refractivity contribution in [2.24, 2.45) is 5.73 Å². The van der Waals surface area contributed by atoms with Crippen molar-refractivity contribution < 1.29 is 18.0 Å². The van der Waals surface area contributed by atoms with Crippen LogP contribution in [-0.4, -0.2) is 22.6 Å². The molecule has 1 amide bonds. The number of carbonyl (C=O) groups is 1. The van der Waals surface area contributed by atoms with E-state index in [2.05, 4.69) is 15.5 Å². The molecular weight excluding hydrogens is 321 g/mol. The average molecular weight is 340 g/mol. The molecule has 0 spiro atoms. The molecule has 0 saturated carbocycles. The van der Waals surface area contributed by atoms with Crippen LogP contribution in [0.4, 0.5) is 13.2 Å². The number of benzene rings is 1. The SMILES string of the molecule is Cc1n[nH]c(C)c1C(N)C(=O)NCCc1cccc(C(F)(F)F)c1. The number of aromatic nitrogens is 2. The van der Waals surface area contributed by atoms with Crippen LogP contribution in [0.2, 0.25) is 0 Å². The van der Waals surface area contributed by atoms with Crippen LogP contribution in [-0.2, 0) is 17.4 Å². The summed E-state index contributed by atoms with van der Waals surface area (Å²) in [6.07, 6.45) is -4.09. The molecule has 0 aliphatic heterocycles. The van der Waals surface area contributed by atoms with E-state index in [1.54, 1.807) is 19.9 Å². The monoisotopic (exact) mass is 340 g/mol. The van der Waals surface area contributed by atoms with Gasteiger partial charge in [0.2, 0.25) is 5.91 Å². The number of amides is 1. The highest BCUT2D eigenvalue weighted by Gasteiger charge is 2.30. The van der Waals surface area contributed by atoms with Gasteiger partial charge in [-0.1, -0.05) is 18.2 Å². The number of nitrogens with one attached hydrogen (secondary N) is 2. The fraction of sp³-hybridized carbons (Fsp3) is 0.375. The average Bonchev–Trinajstić information content (AvgIpc) is 2.85. The van der Waals surface area contributed by atoms with Crippen molar-refractivity contribution in [1.82, 2.24) is 15.5 Å². The molecule has 1 aromatic carbocycles. The Hall–Kier alpha value is -2.35. The normalized spacial score (nSPS) is 12.9. The van der Waals surface area contributed by atoms with Crippen LogP contribution in [0.1, 0.15) is 34.1 Å². The van der Waals surface area contributed by atoms with Crippen LogP contribution in [0, 0.1) is 13.8 Å². The Bertz CT molecular complexity index is 705. The van der Waals surface area contributed by atoms with Gasteiger partial charge in [-0.15, -0.1) is 0 Å². The number of rotatable bonds is 5. The standard InChI is InChI=1S/C16H19F3N4O/c1-9-13(10(2)23-22-9)14(20)15(24)21-7-6-11-4-3-5-12(8-11)16(17,18)19/h3-5,8,14H,6-7,20H2,1-2H3,(H,21,24)(H,22,23). The van der Waals surface area contributed by atoms with E-state index in [9.17, 15) is 18.0 Å². The molecule has 5 nitrogen and oxygen atoms in total. The molecule has 24 heavy (non-hydrogen) atoms. The Kier molecular flexibility index (Phi) is 5.28. The fourth-order valence-electron chi connectivity index (χ4n) is 2.49. The first kappa shape index (κ1) is 18.0. The quantitative estimate of drug-likeness (QED) is 0.781. The van der Waals surface area contributed by atoms with Gasteiger partial charge in [-0.3, -0.25) is 9.89 Å². The summed E-state index contributed by atoms with van der Waals surface area (Å²) < 4.78 is 38.0. The Morgan fingerprint density at radius 1 is 1.38 bits per heavy atom. The van der Waals surface area contributed by atoms with Gasteiger partial charge in [0, 0.05) is 17.8 Å². The molecule has 0 saturated heterocycles. The van der Waals surface area contributed by atoms with Crippen molar-refractivity contribution in [1.29, 1.82) is 0 Å². The molecular formula is C16H19F3N4O. The van der Waals surface area contributed by atoms with E-state index in [0.29, 0.717) is 22.5 Å². The number of halogens is 3. The minimum absolute atomic E-state index is 0.198. The first-order valence-electron chi connectivity index (χ1n) is 7.41. The zero-order valence-corrected chi connectivity index (χ0v) is 13.4. The third-order valence-electron chi connectivity index (χ3n) is 3.75. The number of hydrogen-bond donors (Lipinski definition) is 3. The van der Waals surface area contributed by atoms with Crippen LogP contribution < -0.4 is 11.1 Å². The Morgan fingerprint density at radius 3 is 2.67 bits per heavy atom. The number of nitrogens with two attached hydrogens (primary N) is 1. The summed E-state index contributed by atoms with van der Waals surface area (Å²) in [6.45, 7) is 3.71. The van der Waals surface area contributed by atoms with Gasteiger partial charge in [-0.25, -0.2) is 0 Å². The highest BCUT2D eigenvalue weighted by Crippen LogP contribution is 2.29. The number of hydrogen-bond acceptors (Lipinski definition) is 3. The Morgan fingerprint density at radius 2 is 2.08 bits per heavy atom. The number of nitrogens with zero attached hydrogens (tertiary/aromatic N) is 1. The van der Waals surface area contributed by atoms with Crippen LogP contribution in [0.5, 0.6) is 0 Å². The molecule has 2 aromatic rings. The van der Waals surface area contributed by atoms with Crippen LogP contribution in [0.25, 0.3) is 0 Å². The molecule has 4 N–H and O–H groups in total. The number of aryl methyl sites for hydroxylation is 2. The van der Waals surface area contributed by atoms with Crippen molar-refractivity contribution in [2.45, 2.75) is 32.5 Å². The summed E-state index contributed by atoms with van der Waals surface area (Å²) in [7, 11) is 0. The van der Waals surface area contributed by atoms with Gasteiger partial charge in [0.25, 0.3) is 0 Å². The lowest BCUT2D eigenvalue weighted by Crippen LogP contribution is -2.35. The molecule has 130 valence electrons. The van der Waals surface area contributed by atoms with Crippen LogP contribution >= 0.6 is 0 Å². The lowest BCUT2D eigenvalue weighted by Gasteiger charge is -2.13. The van der Waals surface area contributed by atoms with Crippen molar-refractivity contribution in [3.05, 3.63) is 52.3 Å². The van der Waals surface area contributed by atoms with E-state index in [1.165, 1.54) is 6.07 Å². The highest BCUT2D eigenvalue weighted by molar-refractivity contribution is 5.83.